The van der Waals surface area contributed by atoms with Gasteiger partial charge in [0.05, 0.1) is 12.1 Å². The summed E-state index contributed by atoms with van der Waals surface area (Å²) in [7, 11) is 0. The molecule has 6 nitrogen and oxygen atoms in total. The number of aromatic nitrogens is 2. The Morgan fingerprint density at radius 1 is 1.21 bits per heavy atom. The van der Waals surface area contributed by atoms with E-state index < -0.39 is 5.97 Å². The second-order valence-corrected chi connectivity index (χ2v) is 5.72. The van der Waals surface area contributed by atoms with E-state index >= 15 is 0 Å². The van der Waals surface area contributed by atoms with E-state index in [1.165, 1.54) is 11.0 Å². The van der Waals surface area contributed by atoms with Gasteiger partial charge in [-0.25, -0.2) is 13.9 Å². The topological polar surface area (TPSA) is 67.4 Å². The average molecular weight is 324 g/mol. The molecule has 2 aromatic carbocycles. The summed E-state index contributed by atoms with van der Waals surface area (Å²) < 4.78 is 10.3. The quantitative estimate of drug-likeness (QED) is 0.706. The lowest BCUT2D eigenvalue weighted by atomic mass is 10.2. The Labute approximate surface area is 138 Å². The van der Waals surface area contributed by atoms with Gasteiger partial charge in [-0.1, -0.05) is 12.1 Å². The van der Waals surface area contributed by atoms with Crippen molar-refractivity contribution >= 4 is 23.0 Å². The van der Waals surface area contributed by atoms with Crippen LogP contribution in [-0.4, -0.2) is 28.8 Å². The molecule has 0 radical (unpaired) electrons. The fraction of sp³-hybridized carbons (Fsp3) is 0.222. The summed E-state index contributed by atoms with van der Waals surface area (Å²) in [6, 6.07) is 14.8. The minimum Gasteiger partial charge on any atom is -0.490 e. The van der Waals surface area contributed by atoms with Crippen LogP contribution in [0.4, 0.5) is 5.95 Å². The Balaban J connectivity index is 1.50. The molecule has 1 aromatic heterocycles. The number of imidazole rings is 1. The van der Waals surface area contributed by atoms with Gasteiger partial charge < -0.3 is 9.84 Å². The monoisotopic (exact) mass is 324 g/mol. The first-order valence-electron chi connectivity index (χ1n) is 7.95. The van der Waals surface area contributed by atoms with Gasteiger partial charge in [-0.05, 0) is 36.4 Å². The smallest absolute Gasteiger partial charge is 0.358 e. The van der Waals surface area contributed by atoms with Crippen molar-refractivity contribution in [2.45, 2.75) is 13.1 Å². The lowest BCUT2D eigenvalue weighted by Gasteiger charge is -2.06. The third kappa shape index (κ3) is 2.46. The molecule has 0 spiro atoms. The molecule has 0 aliphatic carbocycles. The van der Waals surface area contributed by atoms with Crippen LogP contribution in [0.15, 0.2) is 48.5 Å². The minimum absolute atomic E-state index is 0.261. The Morgan fingerprint density at radius 3 is 2.79 bits per heavy atom. The normalized spacial score (nSPS) is 12.8. The van der Waals surface area contributed by atoms with Gasteiger partial charge in [-0.2, -0.15) is 0 Å². The molecular weight excluding hydrogens is 306 g/mol. The first kappa shape index (κ1) is 14.6. The van der Waals surface area contributed by atoms with E-state index in [9.17, 15) is 4.79 Å². The number of ether oxygens (including phenoxy) is 1. The second-order valence-electron chi connectivity index (χ2n) is 5.72. The van der Waals surface area contributed by atoms with Crippen LogP contribution in [0, 0.1) is 0 Å². The van der Waals surface area contributed by atoms with E-state index in [4.69, 9.17) is 9.84 Å². The predicted molar refractivity (Wildman–Crippen MR) is 89.5 cm³/mol. The number of hydrogen-bond acceptors (Lipinski definition) is 3. The maximum atomic E-state index is 10.9. The van der Waals surface area contributed by atoms with E-state index in [-0.39, 0.29) is 5.56 Å². The highest BCUT2D eigenvalue weighted by Crippen LogP contribution is 2.20. The van der Waals surface area contributed by atoms with E-state index in [1.54, 1.807) is 24.3 Å². The molecule has 0 bridgehead atoms. The first-order chi connectivity index (χ1) is 11.7. The van der Waals surface area contributed by atoms with Gasteiger partial charge in [0, 0.05) is 0 Å². The zero-order chi connectivity index (χ0) is 16.5. The Hall–Kier alpha value is -3.02. The average Bonchev–Trinajstić information content (AvgIpc) is 3.18. The molecule has 3 aromatic rings. The van der Waals surface area contributed by atoms with Gasteiger partial charge in [0.2, 0.25) is 0 Å². The van der Waals surface area contributed by atoms with Crippen LogP contribution < -0.4 is 14.6 Å². The lowest BCUT2D eigenvalue weighted by molar-refractivity contribution is -0.644. The van der Waals surface area contributed by atoms with Crippen LogP contribution in [0.1, 0.15) is 10.4 Å². The van der Waals surface area contributed by atoms with Crippen molar-refractivity contribution < 1.29 is 19.2 Å². The molecule has 2 heterocycles. The van der Waals surface area contributed by atoms with Gasteiger partial charge in [0.1, 0.15) is 36.5 Å². The van der Waals surface area contributed by atoms with Crippen molar-refractivity contribution in [2.24, 2.45) is 0 Å². The van der Waals surface area contributed by atoms with E-state index in [0.29, 0.717) is 12.4 Å². The van der Waals surface area contributed by atoms with Crippen molar-refractivity contribution in [1.29, 1.82) is 0 Å². The zero-order valence-electron chi connectivity index (χ0n) is 13.1. The largest absolute Gasteiger partial charge is 0.490 e. The number of rotatable bonds is 5. The highest BCUT2D eigenvalue weighted by atomic mass is 16.5. The molecule has 0 amide bonds. The summed E-state index contributed by atoms with van der Waals surface area (Å²) in [4.78, 5) is 10.9. The molecule has 0 fully saturated rings. The molecule has 6 heteroatoms. The van der Waals surface area contributed by atoms with Crippen molar-refractivity contribution in [3.8, 4) is 5.75 Å². The van der Waals surface area contributed by atoms with Gasteiger partial charge in [0.15, 0.2) is 0 Å². The van der Waals surface area contributed by atoms with Crippen molar-refractivity contribution in [3.63, 3.8) is 0 Å². The molecule has 0 atom stereocenters. The number of carbonyl (C=O) groups is 1. The standard InChI is InChI=1S/C18H17N3O3/c22-17(23)13-5-7-14(8-6-13)24-12-11-21-16-4-2-1-3-15(16)20-10-9-19-18(20)21/h1-8H,9-12H2,(H,22,23)/p+1. The minimum atomic E-state index is -0.931. The first-order valence-corrected chi connectivity index (χ1v) is 7.95. The molecule has 0 unspecified atom stereocenters. The molecule has 0 saturated carbocycles. The summed E-state index contributed by atoms with van der Waals surface area (Å²) in [6.45, 7) is 3.15. The van der Waals surface area contributed by atoms with E-state index in [2.05, 4.69) is 32.7 Å². The number of nitrogens with one attached hydrogen (secondary N) is 1. The van der Waals surface area contributed by atoms with Gasteiger partial charge in [-0.15, -0.1) is 0 Å². The number of carboxylic acids is 1. The fourth-order valence-electron chi connectivity index (χ4n) is 3.17. The molecule has 0 saturated heterocycles. The highest BCUT2D eigenvalue weighted by Gasteiger charge is 2.27. The van der Waals surface area contributed by atoms with Gasteiger partial charge in [-0.3, -0.25) is 5.32 Å². The van der Waals surface area contributed by atoms with Crippen LogP contribution >= 0.6 is 0 Å². The summed E-state index contributed by atoms with van der Waals surface area (Å²) in [5.74, 6) is 0.855. The third-order valence-electron chi connectivity index (χ3n) is 4.28. The second kappa shape index (κ2) is 5.88. The number of hydrogen-bond donors (Lipinski definition) is 2. The van der Waals surface area contributed by atoms with Gasteiger partial charge >= 0.3 is 11.9 Å². The lowest BCUT2D eigenvalue weighted by Crippen LogP contribution is -2.29. The summed E-state index contributed by atoms with van der Waals surface area (Å²) in [5, 5.41) is 12.3. The molecule has 1 aliphatic rings. The maximum absolute atomic E-state index is 10.9. The summed E-state index contributed by atoms with van der Waals surface area (Å²) in [6.07, 6.45) is 0. The molecule has 24 heavy (non-hydrogen) atoms. The molecule has 122 valence electrons. The van der Waals surface area contributed by atoms with Crippen molar-refractivity contribution in [1.82, 2.24) is 4.57 Å². The summed E-state index contributed by atoms with van der Waals surface area (Å²) in [5.41, 5.74) is 2.67. The van der Waals surface area contributed by atoms with E-state index in [0.717, 1.165) is 25.6 Å². The van der Waals surface area contributed by atoms with Crippen molar-refractivity contribution in [3.05, 3.63) is 54.1 Å². The van der Waals surface area contributed by atoms with Crippen LogP contribution in [0.25, 0.3) is 11.0 Å². The van der Waals surface area contributed by atoms with Crippen LogP contribution in [0.2, 0.25) is 0 Å². The predicted octanol–water partition coefficient (Wildman–Crippen LogP) is 2.13. The van der Waals surface area contributed by atoms with Crippen LogP contribution in [0.5, 0.6) is 5.75 Å². The zero-order valence-corrected chi connectivity index (χ0v) is 13.1. The number of aromatic carboxylic acids is 1. The number of anilines is 1. The number of carboxylic acid groups (broad SMARTS) is 1. The number of fused-ring (bicyclic) bond motifs is 3. The molecule has 1 aliphatic heterocycles. The number of benzene rings is 2. The van der Waals surface area contributed by atoms with Crippen LogP contribution in [0.3, 0.4) is 0 Å². The number of nitrogens with zero attached hydrogens (tertiary/aromatic N) is 2. The molecular formula is C18H18N3O3+. The maximum Gasteiger partial charge on any atom is 0.358 e. The third-order valence-corrected chi connectivity index (χ3v) is 4.28. The summed E-state index contributed by atoms with van der Waals surface area (Å²) >= 11 is 0. The highest BCUT2D eigenvalue weighted by molar-refractivity contribution is 5.87. The molecule has 2 N–H and O–H groups in total. The number of para-hydroxylation sites is 2. The van der Waals surface area contributed by atoms with Crippen molar-refractivity contribution in [2.75, 3.05) is 18.5 Å². The fourth-order valence-corrected chi connectivity index (χ4v) is 3.17. The Kier molecular flexibility index (Phi) is 3.57. The Bertz CT molecular complexity index is 900. The molecule has 4 rings (SSSR count). The van der Waals surface area contributed by atoms with Crippen LogP contribution in [-0.2, 0) is 13.1 Å². The SMILES string of the molecule is O=C(O)c1ccc(OCCn2c3[n+](c4ccccc42)CCN3)cc1. The Morgan fingerprint density at radius 2 is 2.00 bits per heavy atom. The van der Waals surface area contributed by atoms with E-state index in [1.807, 2.05) is 6.07 Å². The van der Waals surface area contributed by atoms with Gasteiger partial charge in [0.25, 0.3) is 0 Å².